The largest absolute Gasteiger partial charge is 0.392 e. The number of hydrogen-bond donors (Lipinski definition) is 1. The van der Waals surface area contributed by atoms with Gasteiger partial charge in [-0.3, -0.25) is 14.5 Å². The van der Waals surface area contributed by atoms with Gasteiger partial charge in [0.1, 0.15) is 0 Å². The maximum absolute atomic E-state index is 13.2. The predicted molar refractivity (Wildman–Crippen MR) is 72.3 cm³/mol. The lowest BCUT2D eigenvalue weighted by molar-refractivity contribution is 0.0598. The summed E-state index contributed by atoms with van der Waals surface area (Å²) >= 11 is 4.88. The lowest BCUT2D eigenvalue weighted by Crippen LogP contribution is -2.49. The van der Waals surface area contributed by atoms with Gasteiger partial charge in [-0.1, -0.05) is 26.1 Å². The Hall–Kier alpha value is -1.89. The molecule has 1 unspecified atom stereocenters. The minimum Gasteiger partial charge on any atom is -0.392 e. The van der Waals surface area contributed by atoms with E-state index in [2.05, 4.69) is 0 Å². The molecule has 0 fully saturated rings. The number of imide groups is 1. The van der Waals surface area contributed by atoms with Crippen molar-refractivity contribution in [3.8, 4) is 0 Å². The van der Waals surface area contributed by atoms with Crippen LogP contribution < -0.4 is 5.73 Å². The SMILES string of the molecule is CC(C)C(C(N)=S)N1C(=O)c2cc(F)c(F)cc2C1=O. The van der Waals surface area contributed by atoms with Gasteiger partial charge in [-0.15, -0.1) is 0 Å². The molecule has 106 valence electrons. The molecule has 1 atom stereocenters. The van der Waals surface area contributed by atoms with Gasteiger partial charge in [-0.25, -0.2) is 8.78 Å². The molecule has 7 heteroatoms. The van der Waals surface area contributed by atoms with E-state index >= 15 is 0 Å². The number of hydrogen-bond acceptors (Lipinski definition) is 3. The summed E-state index contributed by atoms with van der Waals surface area (Å²) in [5, 5.41) is 0. The molecule has 0 saturated heterocycles. The van der Waals surface area contributed by atoms with E-state index in [0.29, 0.717) is 0 Å². The molecule has 2 N–H and O–H groups in total. The van der Waals surface area contributed by atoms with Gasteiger partial charge >= 0.3 is 0 Å². The second kappa shape index (κ2) is 4.90. The molecule has 0 aliphatic carbocycles. The minimum absolute atomic E-state index is 0.0181. The molecule has 2 rings (SSSR count). The van der Waals surface area contributed by atoms with Crippen molar-refractivity contribution in [3.63, 3.8) is 0 Å². The van der Waals surface area contributed by atoms with Gasteiger partial charge in [0.15, 0.2) is 11.6 Å². The molecular formula is C13H12F2N2O2S. The summed E-state index contributed by atoms with van der Waals surface area (Å²) in [6.07, 6.45) is 0. The summed E-state index contributed by atoms with van der Waals surface area (Å²) < 4.78 is 26.4. The normalized spacial score (nSPS) is 15.8. The molecular weight excluding hydrogens is 286 g/mol. The van der Waals surface area contributed by atoms with Crippen LogP contribution in [0.25, 0.3) is 0 Å². The van der Waals surface area contributed by atoms with Gasteiger partial charge in [-0.05, 0) is 18.1 Å². The number of fused-ring (bicyclic) bond motifs is 1. The van der Waals surface area contributed by atoms with Crippen molar-refractivity contribution in [2.24, 2.45) is 11.7 Å². The maximum atomic E-state index is 13.2. The van der Waals surface area contributed by atoms with Crippen LogP contribution in [0.3, 0.4) is 0 Å². The number of thiocarbonyl (C=S) groups is 1. The number of rotatable bonds is 3. The van der Waals surface area contributed by atoms with Gasteiger partial charge in [0.25, 0.3) is 11.8 Å². The maximum Gasteiger partial charge on any atom is 0.262 e. The van der Waals surface area contributed by atoms with Crippen LogP contribution in [0, 0.1) is 17.6 Å². The van der Waals surface area contributed by atoms with E-state index in [0.717, 1.165) is 17.0 Å². The third-order valence-electron chi connectivity index (χ3n) is 3.16. The van der Waals surface area contributed by atoms with Crippen LogP contribution in [-0.2, 0) is 0 Å². The molecule has 1 aromatic rings. The molecule has 0 spiro atoms. The summed E-state index contributed by atoms with van der Waals surface area (Å²) in [7, 11) is 0. The highest BCUT2D eigenvalue weighted by Crippen LogP contribution is 2.29. The minimum atomic E-state index is -1.18. The van der Waals surface area contributed by atoms with E-state index in [9.17, 15) is 18.4 Å². The highest BCUT2D eigenvalue weighted by atomic mass is 32.1. The van der Waals surface area contributed by atoms with Crippen molar-refractivity contribution in [2.45, 2.75) is 19.9 Å². The second-order valence-corrected chi connectivity index (χ2v) is 5.35. The van der Waals surface area contributed by atoms with Crippen molar-refractivity contribution in [1.82, 2.24) is 4.90 Å². The number of benzene rings is 1. The number of nitrogens with zero attached hydrogens (tertiary/aromatic N) is 1. The Kier molecular flexibility index (Phi) is 3.56. The first-order valence-corrected chi connectivity index (χ1v) is 6.32. The van der Waals surface area contributed by atoms with E-state index in [1.165, 1.54) is 0 Å². The standard InChI is InChI=1S/C13H12F2N2O2S/c1-5(2)10(11(16)20)17-12(18)6-3-8(14)9(15)4-7(6)13(17)19/h3-5,10H,1-2H3,(H2,16,20). The number of carbonyl (C=O) groups excluding carboxylic acids is 2. The Morgan fingerprint density at radius 1 is 1.15 bits per heavy atom. The molecule has 0 bridgehead atoms. The molecule has 4 nitrogen and oxygen atoms in total. The second-order valence-electron chi connectivity index (χ2n) is 4.88. The number of halogens is 2. The van der Waals surface area contributed by atoms with E-state index in [4.69, 9.17) is 18.0 Å². The quantitative estimate of drug-likeness (QED) is 0.683. The summed E-state index contributed by atoms with van der Waals surface area (Å²) in [6.45, 7) is 3.49. The predicted octanol–water partition coefficient (Wildman–Crippen LogP) is 1.87. The van der Waals surface area contributed by atoms with Crippen LogP contribution in [0.2, 0.25) is 0 Å². The van der Waals surface area contributed by atoms with Gasteiger partial charge in [0.2, 0.25) is 0 Å². The first-order valence-electron chi connectivity index (χ1n) is 5.92. The lowest BCUT2D eigenvalue weighted by atomic mass is 10.0. The van der Waals surface area contributed by atoms with E-state index in [1.54, 1.807) is 13.8 Å². The van der Waals surface area contributed by atoms with Gasteiger partial charge < -0.3 is 5.73 Å². The van der Waals surface area contributed by atoms with Crippen LogP contribution in [0.5, 0.6) is 0 Å². The number of carbonyl (C=O) groups is 2. The van der Waals surface area contributed by atoms with Crippen molar-refractivity contribution in [3.05, 3.63) is 34.9 Å². The summed E-state index contributed by atoms with van der Waals surface area (Å²) in [5.41, 5.74) is 5.23. The zero-order valence-corrected chi connectivity index (χ0v) is 11.6. The van der Waals surface area contributed by atoms with Crippen LogP contribution in [-0.4, -0.2) is 27.7 Å². The van der Waals surface area contributed by atoms with Crippen LogP contribution in [0.1, 0.15) is 34.6 Å². The molecule has 0 aromatic heterocycles. The Balaban J connectivity index is 2.54. The van der Waals surface area contributed by atoms with Crippen molar-refractivity contribution < 1.29 is 18.4 Å². The van der Waals surface area contributed by atoms with E-state index in [1.807, 2.05) is 0 Å². The number of nitrogens with two attached hydrogens (primary N) is 1. The molecule has 0 saturated carbocycles. The molecule has 20 heavy (non-hydrogen) atoms. The fourth-order valence-corrected chi connectivity index (χ4v) is 2.64. The van der Waals surface area contributed by atoms with E-state index < -0.39 is 29.5 Å². The van der Waals surface area contributed by atoms with Crippen LogP contribution >= 0.6 is 12.2 Å². The third-order valence-corrected chi connectivity index (χ3v) is 3.40. The molecule has 0 radical (unpaired) electrons. The van der Waals surface area contributed by atoms with E-state index in [-0.39, 0.29) is 22.0 Å². The fraction of sp³-hybridized carbons (Fsp3) is 0.308. The lowest BCUT2D eigenvalue weighted by Gasteiger charge is -2.28. The van der Waals surface area contributed by atoms with Gasteiger partial charge in [0.05, 0.1) is 22.2 Å². The van der Waals surface area contributed by atoms with Crippen molar-refractivity contribution in [2.75, 3.05) is 0 Å². The molecule has 2 amide bonds. The summed E-state index contributed by atoms with van der Waals surface area (Å²) in [5.74, 6) is -3.98. The van der Waals surface area contributed by atoms with Crippen molar-refractivity contribution in [1.29, 1.82) is 0 Å². The molecule has 1 aliphatic heterocycles. The van der Waals surface area contributed by atoms with Crippen LogP contribution in [0.15, 0.2) is 12.1 Å². The Morgan fingerprint density at radius 3 is 1.85 bits per heavy atom. The smallest absolute Gasteiger partial charge is 0.262 e. The summed E-state index contributed by atoms with van der Waals surface area (Å²) in [4.78, 5) is 25.3. The first kappa shape index (κ1) is 14.5. The fourth-order valence-electron chi connectivity index (χ4n) is 2.26. The van der Waals surface area contributed by atoms with Gasteiger partial charge in [0, 0.05) is 0 Å². The first-order chi connectivity index (χ1) is 9.25. The Morgan fingerprint density at radius 2 is 1.55 bits per heavy atom. The zero-order valence-electron chi connectivity index (χ0n) is 10.8. The van der Waals surface area contributed by atoms with Crippen LogP contribution in [0.4, 0.5) is 8.78 Å². The Bertz CT molecular complexity index is 590. The highest BCUT2D eigenvalue weighted by Gasteiger charge is 2.42. The average Bonchev–Trinajstić information content (AvgIpc) is 2.55. The molecule has 1 aromatic carbocycles. The zero-order chi connectivity index (χ0) is 15.2. The monoisotopic (exact) mass is 298 g/mol. The third kappa shape index (κ3) is 2.07. The Labute approximate surface area is 119 Å². The number of amides is 2. The summed E-state index contributed by atoms with van der Waals surface area (Å²) in [6, 6.07) is 0.660. The topological polar surface area (TPSA) is 63.4 Å². The highest BCUT2D eigenvalue weighted by molar-refractivity contribution is 7.80. The van der Waals surface area contributed by atoms with Crippen molar-refractivity contribution >= 4 is 29.0 Å². The molecule has 1 heterocycles. The average molecular weight is 298 g/mol. The molecule has 1 aliphatic rings. The van der Waals surface area contributed by atoms with Gasteiger partial charge in [-0.2, -0.15) is 0 Å².